The summed E-state index contributed by atoms with van der Waals surface area (Å²) in [6, 6.07) is 0. The van der Waals surface area contributed by atoms with E-state index in [0.717, 1.165) is 15.4 Å². The van der Waals surface area contributed by atoms with Gasteiger partial charge in [-0.15, -0.1) is 11.3 Å². The number of halogens is 1. The van der Waals surface area contributed by atoms with Gasteiger partial charge in [0.25, 0.3) is 0 Å². The van der Waals surface area contributed by atoms with Crippen LogP contribution in [0.15, 0.2) is 3.79 Å². The largest absolute Gasteiger partial charge is 0.397 e. The van der Waals surface area contributed by atoms with Crippen molar-refractivity contribution in [3.8, 4) is 0 Å². The number of rotatable bonds is 1. The third-order valence-electron chi connectivity index (χ3n) is 2.94. The Morgan fingerprint density at radius 1 is 1.62 bits per heavy atom. The number of hydrogen-bond acceptors (Lipinski definition) is 2. The molecular formula is C10H14BrNS. The number of hydrogen-bond donors (Lipinski definition) is 1. The molecule has 1 aliphatic rings. The fourth-order valence-electron chi connectivity index (χ4n) is 1.99. The lowest BCUT2D eigenvalue weighted by molar-refractivity contribution is 0.450. The zero-order valence-electron chi connectivity index (χ0n) is 7.77. The van der Waals surface area contributed by atoms with E-state index < -0.39 is 0 Å². The first-order valence-corrected chi connectivity index (χ1v) is 6.38. The van der Waals surface area contributed by atoms with Crippen molar-refractivity contribution in [1.82, 2.24) is 0 Å². The van der Waals surface area contributed by atoms with E-state index in [1.54, 1.807) is 0 Å². The highest BCUT2D eigenvalue weighted by molar-refractivity contribution is 9.11. The van der Waals surface area contributed by atoms with Gasteiger partial charge < -0.3 is 5.73 Å². The Morgan fingerprint density at radius 3 is 3.08 bits per heavy atom. The summed E-state index contributed by atoms with van der Waals surface area (Å²) in [4.78, 5) is 1.52. The second-order valence-corrected chi connectivity index (χ2v) is 6.13. The molecule has 0 saturated carbocycles. The maximum Gasteiger partial charge on any atom is 0.0933 e. The molecular weight excluding hydrogens is 246 g/mol. The molecule has 1 nitrogen and oxygen atoms in total. The van der Waals surface area contributed by atoms with Crippen LogP contribution in [0.25, 0.3) is 0 Å². The summed E-state index contributed by atoms with van der Waals surface area (Å²) in [6.45, 7) is 2.28. The van der Waals surface area contributed by atoms with Gasteiger partial charge in [-0.3, -0.25) is 0 Å². The van der Waals surface area contributed by atoms with Gasteiger partial charge in [0.05, 0.1) is 9.47 Å². The Kier molecular flexibility index (Phi) is 2.65. The summed E-state index contributed by atoms with van der Waals surface area (Å²) < 4.78 is 1.13. The molecule has 0 radical (unpaired) electrons. The predicted octanol–water partition coefficient (Wildman–Crippen LogP) is 3.61. The highest BCUT2D eigenvalue weighted by Crippen LogP contribution is 2.41. The Hall–Kier alpha value is -0.0200. The van der Waals surface area contributed by atoms with Crippen molar-refractivity contribution in [3.63, 3.8) is 0 Å². The van der Waals surface area contributed by atoms with E-state index in [1.165, 1.54) is 36.1 Å². The standard InChI is InChI=1S/C10H14BrNS/c1-2-6-3-4-7-8(5-6)13-10(11)9(7)12/h6H,2-5,12H2,1H3. The predicted molar refractivity (Wildman–Crippen MR) is 62.2 cm³/mol. The molecule has 1 atom stereocenters. The number of anilines is 1. The molecule has 13 heavy (non-hydrogen) atoms. The van der Waals surface area contributed by atoms with E-state index in [9.17, 15) is 0 Å². The smallest absolute Gasteiger partial charge is 0.0933 e. The van der Waals surface area contributed by atoms with Crippen LogP contribution in [0.2, 0.25) is 0 Å². The molecule has 2 rings (SSSR count). The first kappa shape index (κ1) is 9.53. The minimum absolute atomic E-state index is 0.887. The zero-order chi connectivity index (χ0) is 9.42. The molecule has 0 aromatic carbocycles. The van der Waals surface area contributed by atoms with Crippen molar-refractivity contribution in [3.05, 3.63) is 14.2 Å². The van der Waals surface area contributed by atoms with E-state index in [4.69, 9.17) is 5.73 Å². The molecule has 0 fully saturated rings. The SMILES string of the molecule is CCC1CCc2c(sc(Br)c2N)C1. The van der Waals surface area contributed by atoms with Gasteiger partial charge in [-0.1, -0.05) is 13.3 Å². The van der Waals surface area contributed by atoms with E-state index >= 15 is 0 Å². The van der Waals surface area contributed by atoms with E-state index in [1.807, 2.05) is 11.3 Å². The van der Waals surface area contributed by atoms with Gasteiger partial charge in [-0.05, 0) is 46.7 Å². The van der Waals surface area contributed by atoms with Crippen LogP contribution in [0.5, 0.6) is 0 Å². The van der Waals surface area contributed by atoms with Crippen LogP contribution in [0, 0.1) is 5.92 Å². The van der Waals surface area contributed by atoms with E-state index in [-0.39, 0.29) is 0 Å². The minimum Gasteiger partial charge on any atom is -0.397 e. The third-order valence-corrected chi connectivity index (χ3v) is 4.91. The monoisotopic (exact) mass is 259 g/mol. The van der Waals surface area contributed by atoms with Crippen molar-refractivity contribution < 1.29 is 0 Å². The van der Waals surface area contributed by atoms with Gasteiger partial charge in [0, 0.05) is 4.88 Å². The Morgan fingerprint density at radius 2 is 2.38 bits per heavy atom. The summed E-state index contributed by atoms with van der Waals surface area (Å²) in [6.07, 6.45) is 5.04. The lowest BCUT2D eigenvalue weighted by Gasteiger charge is -2.20. The minimum atomic E-state index is 0.887. The molecule has 1 aromatic heterocycles. The Balaban J connectivity index is 2.31. The molecule has 1 aromatic rings. The van der Waals surface area contributed by atoms with Crippen LogP contribution < -0.4 is 5.73 Å². The molecule has 0 amide bonds. The number of nitrogens with two attached hydrogens (primary N) is 1. The molecule has 0 spiro atoms. The highest BCUT2D eigenvalue weighted by Gasteiger charge is 2.22. The van der Waals surface area contributed by atoms with Crippen LogP contribution in [-0.2, 0) is 12.8 Å². The summed E-state index contributed by atoms with van der Waals surface area (Å²) in [7, 11) is 0. The fourth-order valence-corrected chi connectivity index (χ4v) is 3.92. The lowest BCUT2D eigenvalue weighted by Crippen LogP contribution is -2.11. The quantitative estimate of drug-likeness (QED) is 0.820. The first-order chi connectivity index (χ1) is 6.22. The van der Waals surface area contributed by atoms with Crippen molar-refractivity contribution in [2.24, 2.45) is 5.92 Å². The van der Waals surface area contributed by atoms with Crippen LogP contribution in [-0.4, -0.2) is 0 Å². The molecule has 0 bridgehead atoms. The van der Waals surface area contributed by atoms with Gasteiger partial charge >= 0.3 is 0 Å². The van der Waals surface area contributed by atoms with Crippen molar-refractivity contribution >= 4 is 33.0 Å². The van der Waals surface area contributed by atoms with Gasteiger partial charge in [-0.2, -0.15) is 0 Å². The van der Waals surface area contributed by atoms with E-state index in [2.05, 4.69) is 22.9 Å². The van der Waals surface area contributed by atoms with Gasteiger partial charge in [0.2, 0.25) is 0 Å². The van der Waals surface area contributed by atoms with Gasteiger partial charge in [-0.25, -0.2) is 0 Å². The van der Waals surface area contributed by atoms with Crippen LogP contribution in [0.1, 0.15) is 30.2 Å². The molecule has 1 unspecified atom stereocenters. The third kappa shape index (κ3) is 1.64. The summed E-state index contributed by atoms with van der Waals surface area (Å²) in [5, 5.41) is 0. The second kappa shape index (κ2) is 3.62. The Bertz CT molecular complexity index is 319. The average Bonchev–Trinajstić information content (AvgIpc) is 2.42. The Labute approximate surface area is 91.5 Å². The van der Waals surface area contributed by atoms with Crippen LogP contribution in [0.3, 0.4) is 0 Å². The molecule has 1 aliphatic carbocycles. The second-order valence-electron chi connectivity index (χ2n) is 3.71. The number of thiophene rings is 1. The normalized spacial score (nSPS) is 21.5. The van der Waals surface area contributed by atoms with E-state index in [0.29, 0.717) is 0 Å². The first-order valence-electron chi connectivity index (χ1n) is 4.77. The van der Waals surface area contributed by atoms with Crippen molar-refractivity contribution in [1.29, 1.82) is 0 Å². The zero-order valence-corrected chi connectivity index (χ0v) is 10.2. The fraction of sp³-hybridized carbons (Fsp3) is 0.600. The maximum atomic E-state index is 5.97. The summed E-state index contributed by atoms with van der Waals surface area (Å²) in [5.41, 5.74) is 8.39. The molecule has 3 heteroatoms. The topological polar surface area (TPSA) is 26.0 Å². The summed E-state index contributed by atoms with van der Waals surface area (Å²) >= 11 is 5.34. The highest BCUT2D eigenvalue weighted by atomic mass is 79.9. The summed E-state index contributed by atoms with van der Waals surface area (Å²) in [5.74, 6) is 0.887. The molecule has 72 valence electrons. The van der Waals surface area contributed by atoms with Gasteiger partial charge in [0.1, 0.15) is 0 Å². The van der Waals surface area contributed by atoms with Crippen molar-refractivity contribution in [2.45, 2.75) is 32.6 Å². The number of fused-ring (bicyclic) bond motifs is 1. The molecule has 0 aliphatic heterocycles. The van der Waals surface area contributed by atoms with Crippen LogP contribution in [0.4, 0.5) is 5.69 Å². The molecule has 2 N–H and O–H groups in total. The lowest BCUT2D eigenvalue weighted by atomic mass is 9.87. The van der Waals surface area contributed by atoms with Crippen LogP contribution >= 0.6 is 27.3 Å². The molecule has 1 heterocycles. The van der Waals surface area contributed by atoms with Gasteiger partial charge in [0.15, 0.2) is 0 Å². The average molecular weight is 260 g/mol. The number of nitrogen functional groups attached to an aromatic ring is 1. The van der Waals surface area contributed by atoms with Crippen molar-refractivity contribution in [2.75, 3.05) is 5.73 Å². The maximum absolute atomic E-state index is 5.97. The molecule has 0 saturated heterocycles.